The van der Waals surface area contributed by atoms with Gasteiger partial charge in [0.1, 0.15) is 0 Å². The van der Waals surface area contributed by atoms with Gasteiger partial charge < -0.3 is 0 Å². The number of nitrogens with one attached hydrogen (secondary N) is 1. The molecule has 0 atom stereocenters. The molecule has 3 rings (SSSR count). The molecule has 0 radical (unpaired) electrons. The van der Waals surface area contributed by atoms with E-state index in [1.54, 1.807) is 18.0 Å². The van der Waals surface area contributed by atoms with Gasteiger partial charge in [-0.1, -0.05) is 94.5 Å². The zero-order chi connectivity index (χ0) is 19.8. The van der Waals surface area contributed by atoms with Crippen LogP contribution in [0.2, 0.25) is 0 Å². The maximum atomic E-state index is 11.9. The van der Waals surface area contributed by atoms with E-state index in [2.05, 4.69) is 51.9 Å². The molecule has 0 fully saturated rings. The van der Waals surface area contributed by atoms with Crippen molar-refractivity contribution in [2.45, 2.75) is 28.3 Å². The fourth-order valence-electron chi connectivity index (χ4n) is 2.23. The summed E-state index contributed by atoms with van der Waals surface area (Å²) < 4.78 is 1.69. The van der Waals surface area contributed by atoms with Crippen molar-refractivity contribution in [3.8, 4) is 0 Å². The first kappa shape index (κ1) is 20.6. The van der Waals surface area contributed by atoms with E-state index in [4.69, 9.17) is 0 Å². The molecule has 0 aliphatic heterocycles. The minimum atomic E-state index is -0.169. The van der Waals surface area contributed by atoms with Crippen molar-refractivity contribution >= 4 is 47.0 Å². The average molecular weight is 429 g/mol. The smallest absolute Gasteiger partial charge is 0.250 e. The summed E-state index contributed by atoms with van der Waals surface area (Å²) >= 11 is 4.53. The standard InChI is InChI=1S/C20H20N4OS3/c1-14-6-8-16(9-7-14)12-26-19-23-24-20(28-19)27-13-18(25)22-21-11-17-5-3-4-15(2)10-17/h3-11H,12-13H2,1-2H3,(H,22,25)/b21-11+. The zero-order valence-corrected chi connectivity index (χ0v) is 18.0. The molecule has 0 aliphatic rings. The van der Waals surface area contributed by atoms with Gasteiger partial charge in [0, 0.05) is 5.75 Å². The van der Waals surface area contributed by atoms with Crippen molar-refractivity contribution in [2.24, 2.45) is 5.10 Å². The van der Waals surface area contributed by atoms with Crippen LogP contribution in [-0.4, -0.2) is 28.1 Å². The highest BCUT2D eigenvalue weighted by Crippen LogP contribution is 2.30. The Morgan fingerprint density at radius 1 is 1.07 bits per heavy atom. The van der Waals surface area contributed by atoms with E-state index in [0.717, 1.165) is 25.6 Å². The van der Waals surface area contributed by atoms with Crippen molar-refractivity contribution in [3.63, 3.8) is 0 Å². The maximum Gasteiger partial charge on any atom is 0.250 e. The summed E-state index contributed by atoms with van der Waals surface area (Å²) in [7, 11) is 0. The van der Waals surface area contributed by atoms with Crippen LogP contribution in [-0.2, 0) is 10.5 Å². The quantitative estimate of drug-likeness (QED) is 0.320. The second-order valence-electron chi connectivity index (χ2n) is 6.10. The molecule has 0 spiro atoms. The van der Waals surface area contributed by atoms with Crippen molar-refractivity contribution < 1.29 is 4.79 Å². The minimum absolute atomic E-state index is 0.169. The summed E-state index contributed by atoms with van der Waals surface area (Å²) in [4.78, 5) is 11.9. The normalized spacial score (nSPS) is 11.1. The zero-order valence-electron chi connectivity index (χ0n) is 15.6. The third-order valence-electron chi connectivity index (χ3n) is 3.64. The van der Waals surface area contributed by atoms with Crippen LogP contribution in [0, 0.1) is 13.8 Å². The van der Waals surface area contributed by atoms with E-state index in [9.17, 15) is 4.79 Å². The van der Waals surface area contributed by atoms with E-state index in [1.807, 2.05) is 31.2 Å². The number of rotatable bonds is 8. The average Bonchev–Trinajstić information content (AvgIpc) is 3.14. The second-order valence-corrected chi connectivity index (χ2v) is 9.53. The van der Waals surface area contributed by atoms with E-state index < -0.39 is 0 Å². The third-order valence-corrected chi connectivity index (χ3v) is 6.90. The Bertz CT molecular complexity index is 954. The van der Waals surface area contributed by atoms with E-state index >= 15 is 0 Å². The predicted molar refractivity (Wildman–Crippen MR) is 118 cm³/mol. The Labute approximate surface area is 177 Å². The summed E-state index contributed by atoms with van der Waals surface area (Å²) in [6.07, 6.45) is 1.64. The number of hydrogen-bond donors (Lipinski definition) is 1. The molecule has 0 unspecified atom stereocenters. The summed E-state index contributed by atoms with van der Waals surface area (Å²) in [6, 6.07) is 16.4. The Morgan fingerprint density at radius 3 is 2.57 bits per heavy atom. The lowest BCUT2D eigenvalue weighted by molar-refractivity contribution is -0.118. The number of carbonyl (C=O) groups is 1. The molecule has 0 saturated carbocycles. The number of aromatic nitrogens is 2. The van der Waals surface area contributed by atoms with Crippen LogP contribution in [0.3, 0.4) is 0 Å². The Balaban J connectivity index is 1.41. The van der Waals surface area contributed by atoms with Gasteiger partial charge in [-0.05, 0) is 25.0 Å². The predicted octanol–water partition coefficient (Wildman–Crippen LogP) is 4.69. The number of benzene rings is 2. The second kappa shape index (κ2) is 10.4. The third kappa shape index (κ3) is 6.78. The summed E-state index contributed by atoms with van der Waals surface area (Å²) in [6.45, 7) is 4.09. The van der Waals surface area contributed by atoms with Gasteiger partial charge in [0.15, 0.2) is 8.68 Å². The molecule has 0 aliphatic carbocycles. The van der Waals surface area contributed by atoms with Crippen molar-refractivity contribution in [1.29, 1.82) is 0 Å². The molecule has 2 aromatic carbocycles. The van der Waals surface area contributed by atoms with Crippen LogP contribution in [0.4, 0.5) is 0 Å². The molecule has 28 heavy (non-hydrogen) atoms. The fourth-order valence-corrected chi connectivity index (χ4v) is 5.00. The first-order chi connectivity index (χ1) is 13.6. The number of aryl methyl sites for hydroxylation is 2. The highest BCUT2D eigenvalue weighted by Gasteiger charge is 2.08. The van der Waals surface area contributed by atoms with Crippen LogP contribution in [0.15, 0.2) is 62.3 Å². The molecule has 5 nitrogen and oxygen atoms in total. The fraction of sp³-hybridized carbons (Fsp3) is 0.200. The van der Waals surface area contributed by atoms with Crippen LogP contribution < -0.4 is 5.43 Å². The number of hydrogen-bond acceptors (Lipinski definition) is 7. The maximum absolute atomic E-state index is 11.9. The first-order valence-electron chi connectivity index (χ1n) is 8.62. The number of hydrazone groups is 1. The molecule has 144 valence electrons. The largest absolute Gasteiger partial charge is 0.272 e. The SMILES string of the molecule is Cc1ccc(CSc2nnc(SCC(=O)N/N=C/c3cccc(C)c3)s2)cc1. The Hall–Kier alpha value is -2.16. The highest BCUT2D eigenvalue weighted by atomic mass is 32.2. The van der Waals surface area contributed by atoms with E-state index in [0.29, 0.717) is 0 Å². The van der Waals surface area contributed by atoms with Crippen LogP contribution in [0.5, 0.6) is 0 Å². The lowest BCUT2D eigenvalue weighted by atomic mass is 10.2. The van der Waals surface area contributed by atoms with Crippen molar-refractivity contribution in [1.82, 2.24) is 15.6 Å². The van der Waals surface area contributed by atoms with Crippen LogP contribution in [0.25, 0.3) is 0 Å². The molecule has 3 aromatic rings. The van der Waals surface area contributed by atoms with E-state index in [1.165, 1.54) is 34.2 Å². The number of thioether (sulfide) groups is 2. The van der Waals surface area contributed by atoms with Crippen LogP contribution in [0.1, 0.15) is 22.3 Å². The van der Waals surface area contributed by atoms with Gasteiger partial charge in [0.2, 0.25) is 0 Å². The van der Waals surface area contributed by atoms with Gasteiger partial charge >= 0.3 is 0 Å². The number of carbonyl (C=O) groups excluding carboxylic acids is 1. The monoisotopic (exact) mass is 428 g/mol. The summed E-state index contributed by atoms with van der Waals surface area (Å²) in [5, 5.41) is 12.3. The molecular weight excluding hydrogens is 408 g/mol. The number of nitrogens with zero attached hydrogens (tertiary/aromatic N) is 3. The molecule has 0 saturated heterocycles. The molecule has 0 bridgehead atoms. The lowest BCUT2D eigenvalue weighted by Crippen LogP contribution is -2.19. The lowest BCUT2D eigenvalue weighted by Gasteiger charge is -1.99. The molecule has 8 heteroatoms. The Kier molecular flexibility index (Phi) is 7.64. The molecule has 1 amide bonds. The summed E-state index contributed by atoms with van der Waals surface area (Å²) in [5.74, 6) is 0.939. The highest BCUT2D eigenvalue weighted by molar-refractivity contribution is 8.03. The van der Waals surface area contributed by atoms with Crippen LogP contribution >= 0.6 is 34.9 Å². The summed E-state index contributed by atoms with van der Waals surface area (Å²) in [5.41, 5.74) is 7.15. The topological polar surface area (TPSA) is 67.2 Å². The number of amides is 1. The molecule has 1 N–H and O–H groups in total. The minimum Gasteiger partial charge on any atom is -0.272 e. The van der Waals surface area contributed by atoms with E-state index in [-0.39, 0.29) is 11.7 Å². The van der Waals surface area contributed by atoms with Gasteiger partial charge in [0.25, 0.3) is 5.91 Å². The first-order valence-corrected chi connectivity index (χ1v) is 11.4. The molecule has 1 heterocycles. The van der Waals surface area contributed by atoms with Gasteiger partial charge in [-0.3, -0.25) is 4.79 Å². The van der Waals surface area contributed by atoms with Gasteiger partial charge in [-0.25, -0.2) is 5.43 Å². The van der Waals surface area contributed by atoms with Gasteiger partial charge in [-0.2, -0.15) is 5.10 Å². The van der Waals surface area contributed by atoms with Crippen molar-refractivity contribution in [3.05, 3.63) is 70.8 Å². The molecular formula is C20H20N4OS3. The van der Waals surface area contributed by atoms with Gasteiger partial charge in [-0.15, -0.1) is 10.2 Å². The van der Waals surface area contributed by atoms with Gasteiger partial charge in [0.05, 0.1) is 12.0 Å². The van der Waals surface area contributed by atoms with Crippen molar-refractivity contribution in [2.75, 3.05) is 5.75 Å². The molecule has 1 aromatic heterocycles. The Morgan fingerprint density at radius 2 is 1.82 bits per heavy atom.